The molecule has 4 rings (SSSR count). The third-order valence-electron chi connectivity index (χ3n) is 5.09. The number of benzene rings is 1. The number of esters is 1. The van der Waals surface area contributed by atoms with Gasteiger partial charge in [0.1, 0.15) is 0 Å². The van der Waals surface area contributed by atoms with Crippen molar-refractivity contribution < 1.29 is 14.3 Å². The molecule has 0 spiro atoms. The van der Waals surface area contributed by atoms with E-state index >= 15 is 0 Å². The maximum Gasteiger partial charge on any atom is 0.341 e. The fourth-order valence-electron chi connectivity index (χ4n) is 3.52. The Labute approximate surface area is 203 Å². The van der Waals surface area contributed by atoms with E-state index in [0.29, 0.717) is 23.1 Å². The Morgan fingerprint density at radius 2 is 2.19 bits per heavy atom. The van der Waals surface area contributed by atoms with E-state index in [2.05, 4.69) is 32.0 Å². The summed E-state index contributed by atoms with van der Waals surface area (Å²) in [4.78, 5) is 37.7. The lowest BCUT2D eigenvalue weighted by atomic mass is 10.1. The van der Waals surface area contributed by atoms with Crippen molar-refractivity contribution in [2.45, 2.75) is 25.5 Å². The number of nitrogens with zero attached hydrogens (tertiary/aromatic N) is 4. The Balaban J connectivity index is 1.61. The first-order chi connectivity index (χ1) is 15.6. The minimum atomic E-state index is -0.762. The number of anilines is 1. The second kappa shape index (κ2) is 10.6. The third kappa shape index (κ3) is 5.05. The van der Waals surface area contributed by atoms with Gasteiger partial charge >= 0.3 is 12.0 Å². The zero-order valence-corrected chi connectivity index (χ0v) is 20.4. The van der Waals surface area contributed by atoms with Crippen LogP contribution in [0.2, 0.25) is 0 Å². The van der Waals surface area contributed by atoms with Crippen LogP contribution in [-0.4, -0.2) is 57.4 Å². The van der Waals surface area contributed by atoms with Gasteiger partial charge in [0.15, 0.2) is 5.13 Å². The highest BCUT2D eigenvalue weighted by atomic mass is 79.9. The molecule has 1 unspecified atom stereocenters. The zero-order valence-electron chi connectivity index (χ0n) is 17.2. The van der Waals surface area contributed by atoms with Gasteiger partial charge in [-0.05, 0) is 49.1 Å². The predicted octanol–water partition coefficient (Wildman–Crippen LogP) is 5.07. The van der Waals surface area contributed by atoms with E-state index in [1.54, 1.807) is 23.2 Å². The molecule has 7 nitrogen and oxygen atoms in total. The number of carbonyl (C=O) groups excluding carboxylic acids is 2. The SMILES string of the molecule is O=C(OC1CN(CCCBr)C(=O)N1c1nc2ccc(CCCCl)cc2s1)c1cccnc1. The van der Waals surface area contributed by atoms with Gasteiger partial charge in [0.2, 0.25) is 6.23 Å². The van der Waals surface area contributed by atoms with Crippen LogP contribution in [0.5, 0.6) is 0 Å². The quantitative estimate of drug-likeness (QED) is 0.281. The number of thiazole rings is 1. The fourth-order valence-corrected chi connectivity index (χ4v) is 4.97. The first-order valence-electron chi connectivity index (χ1n) is 10.3. The Kier molecular flexibility index (Phi) is 7.59. The standard InChI is InChI=1S/C22H22BrClN4O3S/c23-8-3-11-27-14-19(31-20(29)16-5-2-10-25-13-16)28(22(27)30)21-26-17-7-6-15(4-1-9-24)12-18(17)32-21/h2,5-7,10,12-13,19H,1,3-4,8-9,11,14H2. The normalized spacial score (nSPS) is 16.2. The van der Waals surface area contributed by atoms with Crippen molar-refractivity contribution in [1.82, 2.24) is 14.9 Å². The van der Waals surface area contributed by atoms with Crippen LogP contribution in [0.1, 0.15) is 28.8 Å². The molecule has 168 valence electrons. The van der Waals surface area contributed by atoms with Gasteiger partial charge in [0.05, 0.1) is 22.3 Å². The van der Waals surface area contributed by atoms with E-state index in [9.17, 15) is 9.59 Å². The van der Waals surface area contributed by atoms with Crippen molar-refractivity contribution in [2.75, 3.05) is 29.2 Å². The summed E-state index contributed by atoms with van der Waals surface area (Å²) in [5, 5.41) is 1.30. The monoisotopic (exact) mass is 536 g/mol. The minimum absolute atomic E-state index is 0.212. The van der Waals surface area contributed by atoms with Gasteiger partial charge in [-0.15, -0.1) is 11.6 Å². The first-order valence-corrected chi connectivity index (χ1v) is 12.8. The Bertz CT molecular complexity index is 1100. The van der Waals surface area contributed by atoms with E-state index in [4.69, 9.17) is 16.3 Å². The highest BCUT2D eigenvalue weighted by Crippen LogP contribution is 2.34. The van der Waals surface area contributed by atoms with Crippen molar-refractivity contribution in [1.29, 1.82) is 0 Å². The molecule has 1 aromatic carbocycles. The molecule has 1 aliphatic heterocycles. The number of rotatable bonds is 9. The topological polar surface area (TPSA) is 75.6 Å². The van der Waals surface area contributed by atoms with Gasteiger partial charge in [-0.1, -0.05) is 33.3 Å². The molecule has 10 heteroatoms. The highest BCUT2D eigenvalue weighted by molar-refractivity contribution is 9.09. The molecule has 3 heterocycles. The number of urea groups is 1. The van der Waals surface area contributed by atoms with E-state index in [-0.39, 0.29) is 12.6 Å². The largest absolute Gasteiger partial charge is 0.435 e. The molecule has 0 saturated carbocycles. The number of pyridine rings is 1. The summed E-state index contributed by atoms with van der Waals surface area (Å²) in [5.74, 6) is 0.0929. The van der Waals surface area contributed by atoms with Crippen molar-refractivity contribution in [2.24, 2.45) is 0 Å². The van der Waals surface area contributed by atoms with Gasteiger partial charge in [-0.25, -0.2) is 19.5 Å². The number of hydrogen-bond donors (Lipinski definition) is 0. The fraction of sp³-hybridized carbons (Fsp3) is 0.364. The van der Waals surface area contributed by atoms with Gasteiger partial charge in [0, 0.05) is 30.1 Å². The minimum Gasteiger partial charge on any atom is -0.435 e. The van der Waals surface area contributed by atoms with Crippen molar-refractivity contribution >= 4 is 66.2 Å². The second-order valence-electron chi connectivity index (χ2n) is 7.33. The van der Waals surface area contributed by atoms with Crippen LogP contribution >= 0.6 is 38.9 Å². The van der Waals surface area contributed by atoms with E-state index in [1.807, 2.05) is 12.1 Å². The predicted molar refractivity (Wildman–Crippen MR) is 130 cm³/mol. The van der Waals surface area contributed by atoms with Crippen LogP contribution < -0.4 is 4.90 Å². The van der Waals surface area contributed by atoms with Gasteiger partial charge in [0.25, 0.3) is 0 Å². The van der Waals surface area contributed by atoms with E-state index in [0.717, 1.165) is 34.8 Å². The van der Waals surface area contributed by atoms with Crippen LogP contribution in [0.3, 0.4) is 0 Å². The molecule has 0 radical (unpaired) electrons. The number of carbonyl (C=O) groups is 2. The molecule has 0 N–H and O–H groups in total. The maximum absolute atomic E-state index is 13.2. The lowest BCUT2D eigenvalue weighted by Crippen LogP contribution is -2.37. The lowest BCUT2D eigenvalue weighted by molar-refractivity contribution is 0.0325. The molecular formula is C22H22BrClN4O3S. The van der Waals surface area contributed by atoms with Crippen LogP contribution in [0.4, 0.5) is 9.93 Å². The molecule has 1 saturated heterocycles. The van der Waals surface area contributed by atoms with Crippen molar-refractivity contribution in [3.05, 3.63) is 53.9 Å². The number of alkyl halides is 2. The smallest absolute Gasteiger partial charge is 0.341 e. The summed E-state index contributed by atoms with van der Waals surface area (Å²) < 4.78 is 6.73. The molecule has 0 bridgehead atoms. The molecule has 3 aromatic rings. The summed E-state index contributed by atoms with van der Waals surface area (Å²) >= 11 is 10.6. The summed E-state index contributed by atoms with van der Waals surface area (Å²) in [6.45, 7) is 0.851. The Morgan fingerprint density at radius 3 is 2.94 bits per heavy atom. The summed E-state index contributed by atoms with van der Waals surface area (Å²) in [5.41, 5.74) is 2.33. The van der Waals surface area contributed by atoms with Crippen LogP contribution in [-0.2, 0) is 11.2 Å². The van der Waals surface area contributed by atoms with Gasteiger partial charge < -0.3 is 9.64 Å². The molecule has 32 heavy (non-hydrogen) atoms. The van der Waals surface area contributed by atoms with Crippen molar-refractivity contribution in [3.63, 3.8) is 0 Å². The highest BCUT2D eigenvalue weighted by Gasteiger charge is 2.42. The van der Waals surface area contributed by atoms with E-state index in [1.165, 1.54) is 28.0 Å². The Hall–Kier alpha value is -2.23. The number of ether oxygens (including phenoxy) is 1. The Morgan fingerprint density at radius 1 is 1.31 bits per heavy atom. The zero-order chi connectivity index (χ0) is 22.5. The lowest BCUT2D eigenvalue weighted by Gasteiger charge is -2.20. The van der Waals surface area contributed by atoms with Crippen LogP contribution in [0, 0.1) is 0 Å². The maximum atomic E-state index is 13.2. The summed E-state index contributed by atoms with van der Waals surface area (Å²) in [6.07, 6.45) is 4.87. The molecular weight excluding hydrogens is 516 g/mol. The molecule has 1 aliphatic rings. The van der Waals surface area contributed by atoms with Gasteiger partial charge in [-0.3, -0.25) is 4.98 Å². The third-order valence-corrected chi connectivity index (χ3v) is 6.94. The summed E-state index contributed by atoms with van der Waals surface area (Å²) in [6, 6.07) is 9.18. The molecule has 1 fully saturated rings. The number of aromatic nitrogens is 2. The number of halogens is 2. The van der Waals surface area contributed by atoms with Crippen LogP contribution in [0.15, 0.2) is 42.7 Å². The molecule has 2 aromatic heterocycles. The van der Waals surface area contributed by atoms with Gasteiger partial charge in [-0.2, -0.15) is 0 Å². The number of aryl methyl sites for hydroxylation is 1. The number of fused-ring (bicyclic) bond motifs is 1. The first kappa shape index (κ1) is 22.9. The van der Waals surface area contributed by atoms with Crippen LogP contribution in [0.25, 0.3) is 10.2 Å². The van der Waals surface area contributed by atoms with Crippen molar-refractivity contribution in [3.8, 4) is 0 Å². The number of amides is 2. The van der Waals surface area contributed by atoms with E-state index < -0.39 is 12.2 Å². The summed E-state index contributed by atoms with van der Waals surface area (Å²) in [7, 11) is 0. The second-order valence-corrected chi connectivity index (χ2v) is 9.51. The number of hydrogen-bond acceptors (Lipinski definition) is 6. The average Bonchev–Trinajstić information content (AvgIpc) is 3.36. The molecule has 1 atom stereocenters. The average molecular weight is 538 g/mol. The molecule has 0 aliphatic carbocycles. The molecule has 2 amide bonds.